The summed E-state index contributed by atoms with van der Waals surface area (Å²) >= 11 is 0. The van der Waals surface area contributed by atoms with Crippen LogP contribution in [-0.4, -0.2) is 46.1 Å². The fourth-order valence-corrected chi connectivity index (χ4v) is 3.05. The summed E-state index contributed by atoms with van der Waals surface area (Å²) in [5.41, 5.74) is 4.97. The normalized spacial score (nSPS) is 23.1. The van der Waals surface area contributed by atoms with E-state index in [-0.39, 0.29) is 24.4 Å². The van der Waals surface area contributed by atoms with Gasteiger partial charge in [-0.1, -0.05) is 24.4 Å². The van der Waals surface area contributed by atoms with Gasteiger partial charge in [0.25, 0.3) is 0 Å². The van der Waals surface area contributed by atoms with Crippen molar-refractivity contribution in [3.8, 4) is 0 Å². The molecular formula is C13H23N3O3. The second-order valence-electron chi connectivity index (χ2n) is 5.58. The van der Waals surface area contributed by atoms with Gasteiger partial charge in [0.05, 0.1) is 6.61 Å². The summed E-state index contributed by atoms with van der Waals surface area (Å²) < 4.78 is 0. The number of oxime groups is 1. The highest BCUT2D eigenvalue weighted by Gasteiger charge is 2.48. The Morgan fingerprint density at radius 3 is 2.42 bits per heavy atom. The topological polar surface area (TPSA) is 99.2 Å². The molecule has 6 nitrogen and oxygen atoms in total. The molecule has 0 spiro atoms. The molecule has 6 heteroatoms. The molecule has 0 aromatic rings. The van der Waals surface area contributed by atoms with Crippen LogP contribution >= 0.6 is 0 Å². The van der Waals surface area contributed by atoms with E-state index in [9.17, 15) is 4.79 Å². The summed E-state index contributed by atoms with van der Waals surface area (Å²) in [4.78, 5) is 14.6. The molecule has 108 valence electrons. The van der Waals surface area contributed by atoms with Crippen molar-refractivity contribution in [3.63, 3.8) is 0 Å². The van der Waals surface area contributed by atoms with Gasteiger partial charge >= 0.3 is 0 Å². The maximum absolute atomic E-state index is 12.8. The van der Waals surface area contributed by atoms with Gasteiger partial charge in [0.1, 0.15) is 5.41 Å². The van der Waals surface area contributed by atoms with Gasteiger partial charge in [-0.15, -0.1) is 0 Å². The zero-order chi connectivity index (χ0) is 13.9. The van der Waals surface area contributed by atoms with Gasteiger partial charge in [-0.05, 0) is 25.7 Å². The van der Waals surface area contributed by atoms with E-state index in [0.717, 1.165) is 32.1 Å². The lowest BCUT2D eigenvalue weighted by atomic mass is 9.72. The van der Waals surface area contributed by atoms with Gasteiger partial charge in [0.15, 0.2) is 5.84 Å². The lowest BCUT2D eigenvalue weighted by molar-refractivity contribution is -0.141. The Morgan fingerprint density at radius 1 is 1.32 bits per heavy atom. The Labute approximate surface area is 113 Å². The molecule has 19 heavy (non-hydrogen) atoms. The highest BCUT2D eigenvalue weighted by Crippen LogP contribution is 2.40. The monoisotopic (exact) mass is 269 g/mol. The first-order valence-electron chi connectivity index (χ1n) is 7.05. The molecule has 2 fully saturated rings. The first-order chi connectivity index (χ1) is 9.15. The highest BCUT2D eigenvalue weighted by atomic mass is 16.4. The molecule has 2 aliphatic carbocycles. The summed E-state index contributed by atoms with van der Waals surface area (Å²) in [5, 5.41) is 21.3. The SMILES string of the molecule is NC(=NO)C1(C(=O)N(CCO)C2CC2)CCCCC1. The minimum atomic E-state index is -0.856. The first kappa shape index (κ1) is 14.1. The number of aliphatic hydroxyl groups is 1. The Kier molecular flexibility index (Phi) is 4.29. The molecule has 0 unspecified atom stereocenters. The number of carbonyl (C=O) groups is 1. The van der Waals surface area contributed by atoms with Gasteiger partial charge in [-0.25, -0.2) is 0 Å². The zero-order valence-electron chi connectivity index (χ0n) is 11.2. The molecule has 0 aliphatic heterocycles. The van der Waals surface area contributed by atoms with Crippen LogP contribution in [0, 0.1) is 5.41 Å². The number of carbonyl (C=O) groups excluding carboxylic acids is 1. The molecular weight excluding hydrogens is 246 g/mol. The molecule has 2 aliphatic rings. The van der Waals surface area contributed by atoms with Crippen molar-refractivity contribution < 1.29 is 15.1 Å². The molecule has 0 bridgehead atoms. The van der Waals surface area contributed by atoms with E-state index in [1.165, 1.54) is 0 Å². The molecule has 0 aromatic heterocycles. The van der Waals surface area contributed by atoms with E-state index in [0.29, 0.717) is 19.4 Å². The quantitative estimate of drug-likeness (QED) is 0.295. The summed E-state index contributed by atoms with van der Waals surface area (Å²) in [6.45, 7) is 0.290. The number of amidine groups is 1. The second-order valence-corrected chi connectivity index (χ2v) is 5.58. The Morgan fingerprint density at radius 2 is 1.95 bits per heavy atom. The molecule has 1 amide bonds. The van der Waals surface area contributed by atoms with E-state index < -0.39 is 5.41 Å². The largest absolute Gasteiger partial charge is 0.409 e. The van der Waals surface area contributed by atoms with Crippen LogP contribution in [0.2, 0.25) is 0 Å². The molecule has 4 N–H and O–H groups in total. The average molecular weight is 269 g/mol. The number of aliphatic hydroxyl groups excluding tert-OH is 1. The van der Waals surface area contributed by atoms with Gasteiger partial charge < -0.3 is 20.9 Å². The Bertz CT molecular complexity index is 360. The average Bonchev–Trinajstić information content (AvgIpc) is 3.28. The van der Waals surface area contributed by atoms with E-state index in [2.05, 4.69) is 5.16 Å². The van der Waals surface area contributed by atoms with Crippen molar-refractivity contribution in [1.29, 1.82) is 0 Å². The van der Waals surface area contributed by atoms with Crippen LogP contribution in [0.1, 0.15) is 44.9 Å². The van der Waals surface area contributed by atoms with Gasteiger partial charge in [-0.3, -0.25) is 4.79 Å². The van der Waals surface area contributed by atoms with Crippen LogP contribution < -0.4 is 5.73 Å². The van der Waals surface area contributed by atoms with Crippen molar-refractivity contribution in [2.75, 3.05) is 13.2 Å². The smallest absolute Gasteiger partial charge is 0.236 e. The summed E-state index contributed by atoms with van der Waals surface area (Å²) in [5.74, 6) is -0.0418. The zero-order valence-corrected chi connectivity index (χ0v) is 11.2. The van der Waals surface area contributed by atoms with Crippen molar-refractivity contribution >= 4 is 11.7 Å². The minimum Gasteiger partial charge on any atom is -0.409 e. The van der Waals surface area contributed by atoms with Crippen LogP contribution in [0.5, 0.6) is 0 Å². The van der Waals surface area contributed by atoms with Crippen LogP contribution in [0.15, 0.2) is 5.16 Å². The van der Waals surface area contributed by atoms with Crippen LogP contribution in [0.25, 0.3) is 0 Å². The van der Waals surface area contributed by atoms with E-state index in [1.807, 2.05) is 0 Å². The van der Waals surface area contributed by atoms with Gasteiger partial charge in [0, 0.05) is 12.6 Å². The number of rotatable bonds is 5. The summed E-state index contributed by atoms with van der Waals surface area (Å²) in [6, 6.07) is 0.227. The summed E-state index contributed by atoms with van der Waals surface area (Å²) in [6.07, 6.45) is 6.15. The third-order valence-electron chi connectivity index (χ3n) is 4.30. The summed E-state index contributed by atoms with van der Waals surface area (Å²) in [7, 11) is 0. The maximum Gasteiger partial charge on any atom is 0.236 e. The molecule has 2 rings (SSSR count). The van der Waals surface area contributed by atoms with Crippen LogP contribution in [0.4, 0.5) is 0 Å². The van der Waals surface area contributed by atoms with Crippen LogP contribution in [0.3, 0.4) is 0 Å². The maximum atomic E-state index is 12.8. The second kappa shape index (κ2) is 5.77. The number of hydrogen-bond acceptors (Lipinski definition) is 4. The predicted molar refractivity (Wildman–Crippen MR) is 70.7 cm³/mol. The van der Waals surface area contributed by atoms with E-state index in [1.54, 1.807) is 4.90 Å². The Hall–Kier alpha value is -1.30. The van der Waals surface area contributed by atoms with Gasteiger partial charge in [0.2, 0.25) is 5.91 Å². The molecule has 2 saturated carbocycles. The highest BCUT2D eigenvalue weighted by molar-refractivity contribution is 6.07. The molecule has 0 aromatic carbocycles. The first-order valence-corrected chi connectivity index (χ1v) is 7.05. The molecule has 0 atom stereocenters. The Balaban J connectivity index is 2.23. The lowest BCUT2D eigenvalue weighted by Crippen LogP contribution is -2.53. The van der Waals surface area contributed by atoms with Crippen molar-refractivity contribution in [2.45, 2.75) is 51.0 Å². The molecule has 0 heterocycles. The van der Waals surface area contributed by atoms with Crippen LogP contribution in [-0.2, 0) is 4.79 Å². The number of hydrogen-bond donors (Lipinski definition) is 3. The number of nitrogens with two attached hydrogens (primary N) is 1. The standard InChI is InChI=1S/C13H23N3O3/c14-11(15-19)13(6-2-1-3-7-13)12(18)16(8-9-17)10-4-5-10/h10,17,19H,1-9H2,(H2,14,15). The van der Waals surface area contributed by atoms with Crippen molar-refractivity contribution in [1.82, 2.24) is 4.90 Å². The van der Waals surface area contributed by atoms with Crippen molar-refractivity contribution in [3.05, 3.63) is 0 Å². The lowest BCUT2D eigenvalue weighted by Gasteiger charge is -2.38. The van der Waals surface area contributed by atoms with Crippen molar-refractivity contribution in [2.24, 2.45) is 16.3 Å². The minimum absolute atomic E-state index is 0.0285. The fraction of sp³-hybridized carbons (Fsp3) is 0.846. The fourth-order valence-electron chi connectivity index (χ4n) is 3.05. The molecule has 0 radical (unpaired) electrons. The third kappa shape index (κ3) is 2.68. The number of amides is 1. The predicted octanol–water partition coefficient (Wildman–Crippen LogP) is 0.667. The third-order valence-corrected chi connectivity index (χ3v) is 4.30. The number of nitrogens with zero attached hydrogens (tertiary/aromatic N) is 2. The molecule has 0 saturated heterocycles. The van der Waals surface area contributed by atoms with E-state index in [4.69, 9.17) is 16.0 Å². The van der Waals surface area contributed by atoms with E-state index >= 15 is 0 Å². The van der Waals surface area contributed by atoms with Gasteiger partial charge in [-0.2, -0.15) is 0 Å².